The van der Waals surface area contributed by atoms with Gasteiger partial charge in [0.05, 0.1) is 54.9 Å². The predicted molar refractivity (Wildman–Crippen MR) is 230 cm³/mol. The summed E-state index contributed by atoms with van der Waals surface area (Å²) in [7, 11) is 1.28. The normalized spacial score (nSPS) is 21.0. The van der Waals surface area contributed by atoms with Crippen molar-refractivity contribution in [3.05, 3.63) is 108 Å². The van der Waals surface area contributed by atoms with Gasteiger partial charge in [-0.05, 0) is 71.8 Å². The second kappa shape index (κ2) is 17.3. The smallest absolute Gasteiger partial charge is 0.407 e. The fourth-order valence-corrected chi connectivity index (χ4v) is 9.65. The number of benzene rings is 3. The van der Waals surface area contributed by atoms with Crippen molar-refractivity contribution < 1.29 is 29.0 Å². The van der Waals surface area contributed by atoms with Gasteiger partial charge in [-0.25, -0.2) is 19.6 Å². The molecule has 5 atom stereocenters. The third kappa shape index (κ3) is 8.48. The average molecular weight is 827 g/mol. The van der Waals surface area contributed by atoms with Crippen LogP contribution >= 0.6 is 0 Å². The maximum atomic E-state index is 14.2. The summed E-state index contributed by atoms with van der Waals surface area (Å²) in [5.41, 5.74) is 6.06. The van der Waals surface area contributed by atoms with Crippen LogP contribution in [-0.2, 0) is 14.3 Å². The minimum absolute atomic E-state index is 0.0191. The van der Waals surface area contributed by atoms with Gasteiger partial charge in [0.25, 0.3) is 5.91 Å². The molecule has 3 aliphatic rings. The van der Waals surface area contributed by atoms with Gasteiger partial charge in [-0.1, -0.05) is 99.6 Å². The lowest BCUT2D eigenvalue weighted by Gasteiger charge is -2.47. The maximum Gasteiger partial charge on any atom is 0.407 e. The van der Waals surface area contributed by atoms with Crippen molar-refractivity contribution in [2.75, 3.05) is 26.7 Å². The van der Waals surface area contributed by atoms with Gasteiger partial charge in [-0.3, -0.25) is 9.59 Å². The molecule has 4 N–H and O–H groups in total. The summed E-state index contributed by atoms with van der Waals surface area (Å²) < 4.78 is 4.83. The van der Waals surface area contributed by atoms with Gasteiger partial charge in [0.2, 0.25) is 5.91 Å². The molecular formula is C47H54N8O6. The number of likely N-dealkylation sites (tertiary alicyclic amines) is 3. The van der Waals surface area contributed by atoms with E-state index in [1.807, 2.05) is 62.2 Å². The number of rotatable bonds is 9. The van der Waals surface area contributed by atoms with Crippen LogP contribution in [0.25, 0.3) is 33.6 Å². The number of amides is 4. The Morgan fingerprint density at radius 3 is 1.72 bits per heavy atom. The zero-order valence-electron chi connectivity index (χ0n) is 35.1. The topological polar surface area (TPSA) is 177 Å². The number of hydrogen-bond donors (Lipinski definition) is 4. The standard InChI is InChI=1S/C47H54N8O6/c1-47(2,3)40-34(13-8-26-55(40)46(59)60)43(56)53-24-9-14-37(53)41-48-27-35(50-41)31-20-16-29(17-21-31)30-18-22-32(23-19-30)36-28-49-42(51-36)38-15-10-25-54(38)44(57)39(52-45(58)61-4)33-11-6-5-7-12-33/h5-7,11-12,16-23,27-28,34,37-40H,8-10,13-15,24-26H2,1-4H3,(H,48,50)(H,49,51)(H,52,58)(H,59,60)/t34-,37+,38+,39-,40?/m1/s1. The fraction of sp³-hybridized carbons (Fsp3) is 0.404. The van der Waals surface area contributed by atoms with Crippen LogP contribution in [0.5, 0.6) is 0 Å². The van der Waals surface area contributed by atoms with Gasteiger partial charge >= 0.3 is 12.2 Å². The summed E-state index contributed by atoms with van der Waals surface area (Å²) in [6.07, 6.45) is 6.56. The molecule has 4 amide bonds. The van der Waals surface area contributed by atoms with Gasteiger partial charge in [0, 0.05) is 19.6 Å². The molecule has 0 aliphatic carbocycles. The molecule has 0 radical (unpaired) electrons. The highest BCUT2D eigenvalue weighted by molar-refractivity contribution is 5.87. The van der Waals surface area contributed by atoms with E-state index >= 15 is 0 Å². The summed E-state index contributed by atoms with van der Waals surface area (Å²) in [6.45, 7) is 7.69. The minimum atomic E-state index is -0.965. The number of carbonyl (C=O) groups excluding carboxylic acids is 3. The van der Waals surface area contributed by atoms with Gasteiger partial charge < -0.3 is 39.8 Å². The molecule has 3 aliphatic heterocycles. The molecule has 5 heterocycles. The van der Waals surface area contributed by atoms with E-state index in [1.165, 1.54) is 12.0 Å². The number of methoxy groups -OCH3 is 1. The van der Waals surface area contributed by atoms with Gasteiger partial charge in [-0.2, -0.15) is 0 Å². The first-order valence-electron chi connectivity index (χ1n) is 21.2. The van der Waals surface area contributed by atoms with Crippen molar-refractivity contribution >= 4 is 24.0 Å². The fourth-order valence-electron chi connectivity index (χ4n) is 9.65. The number of ether oxygens (including phenoxy) is 1. The number of piperidine rings is 1. The number of nitrogens with one attached hydrogen (secondary N) is 3. The van der Waals surface area contributed by atoms with Crippen molar-refractivity contribution in [1.82, 2.24) is 40.0 Å². The number of H-pyrrole nitrogens is 2. The first kappa shape index (κ1) is 41.3. The first-order valence-corrected chi connectivity index (χ1v) is 21.2. The SMILES string of the molecule is COC(=O)N[C@@H](C(=O)N1CCC[C@H]1c1ncc(-c2ccc(-c3ccc(-c4cnc([C@@H]5CCCN5C(=O)[C@@H]5CCCN(C(=O)O)C5C(C)(C)C)[nH]4)cc3)cc2)[nH]1)c1ccccc1. The highest BCUT2D eigenvalue weighted by Gasteiger charge is 2.48. The third-order valence-electron chi connectivity index (χ3n) is 12.5. The van der Waals surface area contributed by atoms with Gasteiger partial charge in [0.15, 0.2) is 0 Å². The van der Waals surface area contributed by atoms with Gasteiger partial charge in [0.1, 0.15) is 17.7 Å². The van der Waals surface area contributed by atoms with Crippen LogP contribution < -0.4 is 5.32 Å². The van der Waals surface area contributed by atoms with E-state index in [0.717, 1.165) is 65.1 Å². The van der Waals surface area contributed by atoms with Crippen LogP contribution in [0, 0.1) is 11.3 Å². The Bertz CT molecular complexity index is 2350. The molecule has 3 aromatic carbocycles. The van der Waals surface area contributed by atoms with Crippen LogP contribution in [0.1, 0.15) is 94.6 Å². The van der Waals surface area contributed by atoms with E-state index in [9.17, 15) is 24.3 Å². The average Bonchev–Trinajstić information content (AvgIpc) is 4.12. The van der Waals surface area contributed by atoms with E-state index in [4.69, 9.17) is 14.7 Å². The van der Waals surface area contributed by atoms with Crippen molar-refractivity contribution in [1.29, 1.82) is 0 Å². The third-order valence-corrected chi connectivity index (χ3v) is 12.5. The van der Waals surface area contributed by atoms with Crippen LogP contribution in [-0.4, -0.2) is 96.5 Å². The first-order chi connectivity index (χ1) is 29.4. The van der Waals surface area contributed by atoms with Crippen molar-refractivity contribution in [3.63, 3.8) is 0 Å². The molecule has 318 valence electrons. The molecular weight excluding hydrogens is 773 g/mol. The molecule has 0 bridgehead atoms. The van der Waals surface area contributed by atoms with Crippen molar-refractivity contribution in [2.24, 2.45) is 11.3 Å². The Kier molecular flexibility index (Phi) is 11.7. The molecule has 14 heteroatoms. The highest BCUT2D eigenvalue weighted by Crippen LogP contribution is 2.41. The van der Waals surface area contributed by atoms with Crippen molar-refractivity contribution in [2.45, 2.75) is 83.5 Å². The second-order valence-corrected chi connectivity index (χ2v) is 17.4. The summed E-state index contributed by atoms with van der Waals surface area (Å²) in [4.78, 5) is 74.1. The van der Waals surface area contributed by atoms with E-state index in [1.54, 1.807) is 11.1 Å². The number of nitrogens with zero attached hydrogens (tertiary/aromatic N) is 5. The predicted octanol–water partition coefficient (Wildman–Crippen LogP) is 8.36. The molecule has 8 rings (SSSR count). The number of aromatic amines is 2. The highest BCUT2D eigenvalue weighted by atomic mass is 16.5. The molecule has 14 nitrogen and oxygen atoms in total. The maximum absolute atomic E-state index is 14.2. The Hall–Kier alpha value is -6.44. The Morgan fingerprint density at radius 1 is 0.705 bits per heavy atom. The number of carbonyl (C=O) groups is 4. The van der Waals surface area contributed by atoms with E-state index < -0.39 is 30.2 Å². The minimum Gasteiger partial charge on any atom is -0.465 e. The van der Waals surface area contributed by atoms with Crippen molar-refractivity contribution in [3.8, 4) is 33.6 Å². The molecule has 0 saturated carbocycles. The van der Waals surface area contributed by atoms with Crippen LogP contribution in [0.4, 0.5) is 9.59 Å². The second-order valence-electron chi connectivity index (χ2n) is 17.4. The Balaban J connectivity index is 0.925. The summed E-state index contributed by atoms with van der Waals surface area (Å²) in [5, 5.41) is 12.7. The van der Waals surface area contributed by atoms with Crippen LogP contribution in [0.15, 0.2) is 91.3 Å². The molecule has 3 fully saturated rings. The summed E-state index contributed by atoms with van der Waals surface area (Å²) in [6, 6.07) is 24.0. The summed E-state index contributed by atoms with van der Waals surface area (Å²) in [5.74, 6) is 0.862. The molecule has 1 unspecified atom stereocenters. The zero-order valence-corrected chi connectivity index (χ0v) is 35.1. The lowest BCUT2D eigenvalue weighted by Crippen LogP contribution is -2.58. The Labute approximate surface area is 355 Å². The molecule has 3 saturated heterocycles. The Morgan fingerprint density at radius 2 is 1.20 bits per heavy atom. The number of aromatic nitrogens is 4. The van der Waals surface area contributed by atoms with E-state index in [2.05, 4.69) is 63.8 Å². The van der Waals surface area contributed by atoms with Crippen LogP contribution in [0.3, 0.4) is 0 Å². The van der Waals surface area contributed by atoms with E-state index in [-0.39, 0.29) is 29.3 Å². The van der Waals surface area contributed by atoms with Gasteiger partial charge in [-0.15, -0.1) is 0 Å². The van der Waals surface area contributed by atoms with Crippen LogP contribution in [0.2, 0.25) is 0 Å². The number of hydrogen-bond acceptors (Lipinski definition) is 7. The summed E-state index contributed by atoms with van der Waals surface area (Å²) >= 11 is 0. The quantitative estimate of drug-likeness (QED) is 0.115. The molecule has 2 aromatic heterocycles. The zero-order chi connectivity index (χ0) is 42.8. The van der Waals surface area contributed by atoms with E-state index in [0.29, 0.717) is 43.9 Å². The molecule has 5 aromatic rings. The number of carboxylic acid groups (broad SMARTS) is 1. The lowest BCUT2D eigenvalue weighted by molar-refractivity contribution is -0.142. The lowest BCUT2D eigenvalue weighted by atomic mass is 9.73. The monoisotopic (exact) mass is 826 g/mol. The largest absolute Gasteiger partial charge is 0.465 e. The molecule has 0 spiro atoms. The number of alkyl carbamates (subject to hydrolysis) is 1. The molecule has 61 heavy (non-hydrogen) atoms. The number of imidazole rings is 2.